The van der Waals surface area contributed by atoms with Crippen molar-refractivity contribution in [3.63, 3.8) is 0 Å². The molecule has 1 rings (SSSR count). The maximum Gasteiger partial charge on any atom is 0.0905 e. The maximum atomic E-state index is 10.0. The molecule has 0 spiro atoms. The average Bonchev–Trinajstić information content (AvgIpc) is 2.09. The Labute approximate surface area is 74.6 Å². The molecule has 2 nitrogen and oxygen atoms in total. The van der Waals surface area contributed by atoms with Crippen LogP contribution in [0.3, 0.4) is 0 Å². The zero-order chi connectivity index (χ0) is 9.19. The molecular weight excluding hydrogens is 152 g/mol. The van der Waals surface area contributed by atoms with Crippen molar-refractivity contribution < 1.29 is 10.2 Å². The highest BCUT2D eigenvalue weighted by molar-refractivity contribution is 4.89. The fraction of sp³-hybridized carbons (Fsp3) is 1.00. The van der Waals surface area contributed by atoms with Crippen molar-refractivity contribution >= 4 is 0 Å². The minimum absolute atomic E-state index is 0.523. The molecule has 0 radical (unpaired) electrons. The fourth-order valence-electron chi connectivity index (χ4n) is 1.98. The van der Waals surface area contributed by atoms with Crippen LogP contribution in [-0.4, -0.2) is 21.9 Å². The van der Waals surface area contributed by atoms with Crippen molar-refractivity contribution in [3.05, 3.63) is 0 Å². The van der Waals surface area contributed by atoms with Crippen LogP contribution in [-0.2, 0) is 0 Å². The lowest BCUT2D eigenvalue weighted by Crippen LogP contribution is -2.44. The molecule has 1 unspecified atom stereocenters. The Morgan fingerprint density at radius 1 is 1.42 bits per heavy atom. The van der Waals surface area contributed by atoms with Gasteiger partial charge in [-0.15, -0.1) is 0 Å². The quantitative estimate of drug-likeness (QED) is 0.665. The summed E-state index contributed by atoms with van der Waals surface area (Å²) in [5.74, 6) is 0.717. The summed E-state index contributed by atoms with van der Waals surface area (Å²) in [7, 11) is 0. The average molecular weight is 172 g/mol. The van der Waals surface area contributed by atoms with Gasteiger partial charge in [0.25, 0.3) is 0 Å². The van der Waals surface area contributed by atoms with E-state index < -0.39 is 11.7 Å². The van der Waals surface area contributed by atoms with Gasteiger partial charge in [-0.25, -0.2) is 0 Å². The first kappa shape index (κ1) is 10.0. The van der Waals surface area contributed by atoms with E-state index in [0.29, 0.717) is 12.3 Å². The standard InChI is InChI=1S/C10H20O2/c1-3-9(11)10(12)6-4-8(2)5-7-10/h8-9,11-12H,3-7H2,1-2H3. The molecule has 0 bridgehead atoms. The van der Waals surface area contributed by atoms with Crippen LogP contribution in [0.15, 0.2) is 0 Å². The van der Waals surface area contributed by atoms with Gasteiger partial charge in [-0.3, -0.25) is 0 Å². The van der Waals surface area contributed by atoms with Gasteiger partial charge in [0.15, 0.2) is 0 Å². The van der Waals surface area contributed by atoms with Gasteiger partial charge in [-0.2, -0.15) is 0 Å². The van der Waals surface area contributed by atoms with Crippen LogP contribution in [0.2, 0.25) is 0 Å². The fourth-order valence-corrected chi connectivity index (χ4v) is 1.98. The van der Waals surface area contributed by atoms with Gasteiger partial charge in [0.05, 0.1) is 11.7 Å². The Bertz CT molecular complexity index is 137. The van der Waals surface area contributed by atoms with E-state index in [2.05, 4.69) is 6.92 Å². The summed E-state index contributed by atoms with van der Waals surface area (Å²) in [6.45, 7) is 4.12. The highest BCUT2D eigenvalue weighted by Crippen LogP contribution is 2.34. The van der Waals surface area contributed by atoms with E-state index >= 15 is 0 Å². The van der Waals surface area contributed by atoms with Gasteiger partial charge < -0.3 is 10.2 Å². The number of hydrogen-bond donors (Lipinski definition) is 2. The van der Waals surface area contributed by atoms with Gasteiger partial charge in [0.1, 0.15) is 0 Å². The largest absolute Gasteiger partial charge is 0.390 e. The van der Waals surface area contributed by atoms with Gasteiger partial charge in [0.2, 0.25) is 0 Å². The lowest BCUT2D eigenvalue weighted by Gasteiger charge is -2.38. The van der Waals surface area contributed by atoms with Crippen molar-refractivity contribution in [2.24, 2.45) is 5.92 Å². The summed E-state index contributed by atoms with van der Waals surface area (Å²) in [5, 5.41) is 19.6. The van der Waals surface area contributed by atoms with Crippen LogP contribution in [0.25, 0.3) is 0 Å². The normalized spacial score (nSPS) is 39.5. The Kier molecular flexibility index (Phi) is 3.13. The topological polar surface area (TPSA) is 40.5 Å². The molecule has 0 aliphatic heterocycles. The first-order valence-electron chi connectivity index (χ1n) is 4.99. The number of aliphatic hydroxyl groups is 2. The monoisotopic (exact) mass is 172 g/mol. The predicted molar refractivity (Wildman–Crippen MR) is 48.9 cm³/mol. The highest BCUT2D eigenvalue weighted by Gasteiger charge is 2.37. The summed E-state index contributed by atoms with van der Waals surface area (Å²) in [5.41, 5.74) is -0.777. The molecule has 1 saturated carbocycles. The van der Waals surface area contributed by atoms with Crippen LogP contribution in [0, 0.1) is 5.92 Å². The second kappa shape index (κ2) is 3.75. The molecular formula is C10H20O2. The second-order valence-corrected chi connectivity index (χ2v) is 4.21. The maximum absolute atomic E-state index is 10.0. The predicted octanol–water partition coefficient (Wildman–Crippen LogP) is 1.70. The third kappa shape index (κ3) is 1.99. The molecule has 1 atom stereocenters. The smallest absolute Gasteiger partial charge is 0.0905 e. The lowest BCUT2D eigenvalue weighted by molar-refractivity contribution is -0.103. The number of rotatable bonds is 2. The minimum atomic E-state index is -0.777. The Balaban J connectivity index is 2.49. The summed E-state index contributed by atoms with van der Waals surface area (Å²) in [4.78, 5) is 0. The van der Waals surface area contributed by atoms with E-state index in [0.717, 1.165) is 25.7 Å². The van der Waals surface area contributed by atoms with E-state index in [1.54, 1.807) is 0 Å². The molecule has 72 valence electrons. The molecule has 0 aromatic heterocycles. The SMILES string of the molecule is CCC(O)C1(O)CCC(C)CC1. The zero-order valence-corrected chi connectivity index (χ0v) is 8.08. The second-order valence-electron chi connectivity index (χ2n) is 4.21. The molecule has 1 aliphatic carbocycles. The van der Waals surface area contributed by atoms with Crippen molar-refractivity contribution in [1.29, 1.82) is 0 Å². The third-order valence-corrected chi connectivity index (χ3v) is 3.15. The highest BCUT2D eigenvalue weighted by atomic mass is 16.3. The van der Waals surface area contributed by atoms with E-state index in [1.807, 2.05) is 6.92 Å². The van der Waals surface area contributed by atoms with E-state index in [4.69, 9.17) is 0 Å². The van der Waals surface area contributed by atoms with Gasteiger partial charge >= 0.3 is 0 Å². The minimum Gasteiger partial charge on any atom is -0.390 e. The molecule has 0 aromatic carbocycles. The molecule has 1 fully saturated rings. The van der Waals surface area contributed by atoms with Crippen molar-refractivity contribution in [2.75, 3.05) is 0 Å². The van der Waals surface area contributed by atoms with E-state index in [1.165, 1.54) is 0 Å². The van der Waals surface area contributed by atoms with Crippen LogP contribution >= 0.6 is 0 Å². The summed E-state index contributed by atoms with van der Waals surface area (Å²) >= 11 is 0. The summed E-state index contributed by atoms with van der Waals surface area (Å²) in [6.07, 6.45) is 3.77. The third-order valence-electron chi connectivity index (χ3n) is 3.15. The Morgan fingerprint density at radius 2 is 1.92 bits per heavy atom. The first-order valence-corrected chi connectivity index (χ1v) is 4.99. The molecule has 0 aromatic rings. The van der Waals surface area contributed by atoms with Gasteiger partial charge in [0, 0.05) is 0 Å². The molecule has 0 saturated heterocycles. The van der Waals surface area contributed by atoms with Crippen LogP contribution in [0.5, 0.6) is 0 Å². The van der Waals surface area contributed by atoms with E-state index in [9.17, 15) is 10.2 Å². The molecule has 12 heavy (non-hydrogen) atoms. The summed E-state index contributed by atoms with van der Waals surface area (Å²) < 4.78 is 0. The summed E-state index contributed by atoms with van der Waals surface area (Å²) in [6, 6.07) is 0. The first-order chi connectivity index (χ1) is 5.58. The lowest BCUT2D eigenvalue weighted by atomic mass is 9.76. The zero-order valence-electron chi connectivity index (χ0n) is 8.08. The van der Waals surface area contributed by atoms with Crippen molar-refractivity contribution in [3.8, 4) is 0 Å². The molecule has 1 aliphatic rings. The van der Waals surface area contributed by atoms with E-state index in [-0.39, 0.29) is 0 Å². The molecule has 2 N–H and O–H groups in total. The van der Waals surface area contributed by atoms with Crippen LogP contribution in [0.1, 0.15) is 46.0 Å². The Morgan fingerprint density at radius 3 is 2.33 bits per heavy atom. The number of hydrogen-bond acceptors (Lipinski definition) is 2. The van der Waals surface area contributed by atoms with Crippen molar-refractivity contribution in [1.82, 2.24) is 0 Å². The number of aliphatic hydroxyl groups excluding tert-OH is 1. The van der Waals surface area contributed by atoms with Gasteiger partial charge in [-0.05, 0) is 38.0 Å². The molecule has 2 heteroatoms. The molecule has 0 amide bonds. The Hall–Kier alpha value is -0.0800. The molecule has 0 heterocycles. The van der Waals surface area contributed by atoms with Gasteiger partial charge in [-0.1, -0.05) is 13.8 Å². The van der Waals surface area contributed by atoms with Crippen molar-refractivity contribution in [2.45, 2.75) is 57.7 Å². The van der Waals surface area contributed by atoms with Crippen LogP contribution < -0.4 is 0 Å². The van der Waals surface area contributed by atoms with Crippen LogP contribution in [0.4, 0.5) is 0 Å².